The number of fused-ring (bicyclic) bond motifs is 1. The zero-order chi connectivity index (χ0) is 27.7. The van der Waals surface area contributed by atoms with Crippen LogP contribution in [-0.4, -0.2) is 56.5 Å². The van der Waals surface area contributed by atoms with Crippen LogP contribution in [0.5, 0.6) is 0 Å². The molecule has 0 amide bonds. The van der Waals surface area contributed by atoms with Crippen molar-refractivity contribution in [1.82, 2.24) is 29.3 Å². The Morgan fingerprint density at radius 2 is 1.85 bits per heavy atom. The van der Waals surface area contributed by atoms with Crippen molar-refractivity contribution >= 4 is 11.6 Å². The van der Waals surface area contributed by atoms with Crippen molar-refractivity contribution in [1.29, 1.82) is 5.26 Å². The quantitative estimate of drug-likeness (QED) is 0.302. The Balaban J connectivity index is 1.70. The fourth-order valence-electron chi connectivity index (χ4n) is 4.42. The Hall–Kier alpha value is -4.69. The van der Waals surface area contributed by atoms with Gasteiger partial charge in [0, 0.05) is 30.4 Å². The summed E-state index contributed by atoms with van der Waals surface area (Å²) in [5, 5.41) is 21.4. The molecule has 5 aromatic rings. The third kappa shape index (κ3) is 5.19. The van der Waals surface area contributed by atoms with Crippen LogP contribution in [-0.2, 0) is 6.18 Å². The lowest BCUT2D eigenvalue weighted by atomic mass is 9.95. The summed E-state index contributed by atoms with van der Waals surface area (Å²) in [5.41, 5.74) is 4.04. The van der Waals surface area contributed by atoms with E-state index in [-0.39, 0.29) is 0 Å². The van der Waals surface area contributed by atoms with Crippen molar-refractivity contribution in [3.63, 3.8) is 0 Å². The topological polar surface area (TPSA) is 87.1 Å². The highest BCUT2D eigenvalue weighted by molar-refractivity contribution is 5.86. The van der Waals surface area contributed by atoms with E-state index in [2.05, 4.69) is 26.6 Å². The van der Waals surface area contributed by atoms with Gasteiger partial charge in [0.15, 0.2) is 5.65 Å². The van der Waals surface area contributed by atoms with Crippen molar-refractivity contribution in [2.24, 2.45) is 0 Å². The maximum atomic E-state index is 13.6. The van der Waals surface area contributed by atoms with Gasteiger partial charge in [-0.05, 0) is 74.6 Å². The number of aromatic nitrogens is 5. The van der Waals surface area contributed by atoms with Gasteiger partial charge >= 0.3 is 6.18 Å². The van der Waals surface area contributed by atoms with Gasteiger partial charge in [0.1, 0.15) is 0 Å². The first-order valence-corrected chi connectivity index (χ1v) is 12.2. The average Bonchev–Trinajstić information content (AvgIpc) is 3.55. The normalized spacial score (nSPS) is 11.7. The predicted molar refractivity (Wildman–Crippen MR) is 142 cm³/mol. The van der Waals surface area contributed by atoms with E-state index in [9.17, 15) is 13.2 Å². The number of nitriles is 1. The molecule has 0 fully saturated rings. The van der Waals surface area contributed by atoms with Crippen molar-refractivity contribution in [3.05, 3.63) is 83.7 Å². The lowest BCUT2D eigenvalue weighted by Gasteiger charge is -2.16. The molecule has 0 aliphatic carbocycles. The molecular weight excluding hydrogens is 505 g/mol. The highest BCUT2D eigenvalue weighted by Crippen LogP contribution is 2.38. The maximum absolute atomic E-state index is 13.6. The van der Waals surface area contributed by atoms with Crippen LogP contribution in [0.1, 0.15) is 16.7 Å². The Kier molecular flexibility index (Phi) is 6.80. The van der Waals surface area contributed by atoms with Gasteiger partial charge in [-0.1, -0.05) is 12.1 Å². The first-order valence-electron chi connectivity index (χ1n) is 12.2. The Morgan fingerprint density at radius 1 is 1.08 bits per heavy atom. The molecule has 198 valence electrons. The molecule has 0 aliphatic heterocycles. The highest BCUT2D eigenvalue weighted by Gasteiger charge is 2.31. The molecule has 3 aromatic heterocycles. The maximum Gasteiger partial charge on any atom is 0.416 e. The van der Waals surface area contributed by atoms with Crippen LogP contribution in [0.2, 0.25) is 0 Å². The predicted octanol–water partition coefficient (Wildman–Crippen LogP) is 5.42. The highest BCUT2D eigenvalue weighted by atomic mass is 19.4. The van der Waals surface area contributed by atoms with Crippen LogP contribution in [0, 0.1) is 18.3 Å². The molecule has 0 saturated carbocycles. The molecular formula is C28H25F3N8. The molecule has 0 atom stereocenters. The van der Waals surface area contributed by atoms with E-state index in [0.717, 1.165) is 35.5 Å². The zero-order valence-electron chi connectivity index (χ0n) is 21.5. The van der Waals surface area contributed by atoms with Gasteiger partial charge in [0.05, 0.1) is 34.8 Å². The molecule has 1 N–H and O–H groups in total. The van der Waals surface area contributed by atoms with Gasteiger partial charge in [-0.3, -0.25) is 0 Å². The minimum Gasteiger partial charge on any atom is -0.352 e. The first-order chi connectivity index (χ1) is 18.7. The molecule has 0 aliphatic rings. The van der Waals surface area contributed by atoms with Crippen LogP contribution in [0.25, 0.3) is 33.7 Å². The molecule has 0 bridgehead atoms. The third-order valence-corrected chi connectivity index (χ3v) is 6.37. The molecule has 0 unspecified atom stereocenters. The number of benzene rings is 2. The summed E-state index contributed by atoms with van der Waals surface area (Å²) in [7, 11) is 3.91. The molecule has 11 heteroatoms. The summed E-state index contributed by atoms with van der Waals surface area (Å²) in [5.74, 6) is 0.377. The van der Waals surface area contributed by atoms with E-state index < -0.39 is 11.7 Å². The largest absolute Gasteiger partial charge is 0.416 e. The number of alkyl halides is 3. The summed E-state index contributed by atoms with van der Waals surface area (Å²) in [6, 6.07) is 16.1. The molecule has 3 heterocycles. The van der Waals surface area contributed by atoms with Gasteiger partial charge in [0.2, 0.25) is 5.95 Å². The molecule has 0 saturated heterocycles. The van der Waals surface area contributed by atoms with Crippen LogP contribution in [0.3, 0.4) is 0 Å². The summed E-state index contributed by atoms with van der Waals surface area (Å²) in [6.07, 6.45) is -1.03. The fourth-order valence-corrected chi connectivity index (χ4v) is 4.42. The summed E-state index contributed by atoms with van der Waals surface area (Å²) < 4.78 is 44.2. The van der Waals surface area contributed by atoms with Crippen LogP contribution in [0.15, 0.2) is 67.0 Å². The minimum atomic E-state index is -4.49. The van der Waals surface area contributed by atoms with E-state index in [0.29, 0.717) is 40.5 Å². The SMILES string of the molecule is Cc1c(-c2ccnn2-c2ccc(C#N)cc2)cn2nc(NCCN(C)C)nc2c1-c1cccc(C(F)(F)F)c1. The lowest BCUT2D eigenvalue weighted by molar-refractivity contribution is -0.137. The van der Waals surface area contributed by atoms with E-state index in [1.165, 1.54) is 6.07 Å². The molecule has 0 spiro atoms. The first kappa shape index (κ1) is 25.9. The number of nitrogens with zero attached hydrogens (tertiary/aromatic N) is 7. The van der Waals surface area contributed by atoms with Gasteiger partial charge in [0.25, 0.3) is 0 Å². The molecule has 39 heavy (non-hydrogen) atoms. The number of likely N-dealkylation sites (N-methyl/N-ethyl adjacent to an activating group) is 1. The zero-order valence-corrected chi connectivity index (χ0v) is 21.5. The number of halogens is 3. The molecule has 0 radical (unpaired) electrons. The number of pyridine rings is 1. The van der Waals surface area contributed by atoms with Crippen molar-refractivity contribution in [2.45, 2.75) is 13.1 Å². The number of rotatable bonds is 7. The van der Waals surface area contributed by atoms with Crippen molar-refractivity contribution < 1.29 is 13.2 Å². The Bertz CT molecular complexity index is 1670. The Labute approximate surface area is 222 Å². The second kappa shape index (κ2) is 10.2. The molecule has 2 aromatic carbocycles. The molecule has 8 nitrogen and oxygen atoms in total. The number of hydrogen-bond donors (Lipinski definition) is 1. The van der Waals surface area contributed by atoms with E-state index >= 15 is 0 Å². The van der Waals surface area contributed by atoms with Gasteiger partial charge in [-0.2, -0.15) is 28.5 Å². The van der Waals surface area contributed by atoms with Crippen LogP contribution < -0.4 is 5.32 Å². The van der Waals surface area contributed by atoms with E-state index in [4.69, 9.17) is 5.26 Å². The number of anilines is 1. The second-order valence-electron chi connectivity index (χ2n) is 9.34. The van der Waals surface area contributed by atoms with Gasteiger partial charge in [-0.25, -0.2) is 9.20 Å². The monoisotopic (exact) mass is 530 g/mol. The van der Waals surface area contributed by atoms with Crippen LogP contribution in [0.4, 0.5) is 19.1 Å². The standard InChI is InChI=1S/C28H25F3N8/c1-18-23(24-11-12-34-39(24)22-9-7-19(16-32)8-10-22)17-38-26(35-27(36-38)33-13-14-37(2)3)25(18)20-5-4-6-21(15-20)28(29,30)31/h4-12,15,17H,13-14H2,1-3H3,(H,33,36). The average molecular weight is 531 g/mol. The van der Waals surface area contributed by atoms with Gasteiger partial charge < -0.3 is 10.2 Å². The smallest absolute Gasteiger partial charge is 0.352 e. The van der Waals surface area contributed by atoms with Crippen molar-refractivity contribution in [2.75, 3.05) is 32.5 Å². The number of hydrogen-bond acceptors (Lipinski definition) is 6. The fraction of sp³-hybridized carbons (Fsp3) is 0.214. The second-order valence-corrected chi connectivity index (χ2v) is 9.34. The minimum absolute atomic E-state index is 0.377. The van der Waals surface area contributed by atoms with Gasteiger partial charge in [-0.15, -0.1) is 5.10 Å². The lowest BCUT2D eigenvalue weighted by Crippen LogP contribution is -2.21. The number of nitrogens with one attached hydrogen (secondary N) is 1. The molecule has 5 rings (SSSR count). The Morgan fingerprint density at radius 3 is 2.54 bits per heavy atom. The van der Waals surface area contributed by atoms with Crippen molar-refractivity contribution in [3.8, 4) is 34.1 Å². The summed E-state index contributed by atoms with van der Waals surface area (Å²) >= 11 is 0. The third-order valence-electron chi connectivity index (χ3n) is 6.37. The summed E-state index contributed by atoms with van der Waals surface area (Å²) in [6.45, 7) is 3.21. The van der Waals surface area contributed by atoms with E-state index in [1.54, 1.807) is 45.7 Å². The summed E-state index contributed by atoms with van der Waals surface area (Å²) in [4.78, 5) is 6.67. The van der Waals surface area contributed by atoms with Crippen LogP contribution >= 0.6 is 0 Å². The van der Waals surface area contributed by atoms with E-state index in [1.807, 2.05) is 38.2 Å².